The summed E-state index contributed by atoms with van der Waals surface area (Å²) in [5.41, 5.74) is 1.66. The van der Waals surface area contributed by atoms with E-state index in [0.29, 0.717) is 10.9 Å². The van der Waals surface area contributed by atoms with E-state index in [4.69, 9.17) is 0 Å². The van der Waals surface area contributed by atoms with Crippen molar-refractivity contribution in [2.75, 3.05) is 0 Å². The largest absolute Gasteiger partial charge is 0.470 e. The van der Waals surface area contributed by atoms with Crippen molar-refractivity contribution in [1.82, 2.24) is 29.8 Å². The first-order valence-corrected chi connectivity index (χ1v) is 7.40. The molecule has 3 heterocycles. The minimum atomic E-state index is -4.66. The highest BCUT2D eigenvalue weighted by atomic mass is 32.2. The number of nitrogens with zero attached hydrogens (tertiary/aromatic N) is 6. The molecule has 0 spiro atoms. The second kappa shape index (κ2) is 5.48. The summed E-state index contributed by atoms with van der Waals surface area (Å²) in [7, 11) is 0. The van der Waals surface area contributed by atoms with Gasteiger partial charge < -0.3 is 4.42 Å². The van der Waals surface area contributed by atoms with Crippen LogP contribution in [0.15, 0.2) is 15.6 Å². The van der Waals surface area contributed by atoms with Gasteiger partial charge >= 0.3 is 12.1 Å². The summed E-state index contributed by atoms with van der Waals surface area (Å²) in [6, 6.07) is 1.85. The van der Waals surface area contributed by atoms with E-state index in [2.05, 4.69) is 29.7 Å². The Kier molecular flexibility index (Phi) is 3.74. The number of aryl methyl sites for hydroxylation is 2. The first-order valence-electron chi connectivity index (χ1n) is 6.52. The Labute approximate surface area is 132 Å². The molecule has 0 N–H and O–H groups in total. The molecule has 0 aliphatic heterocycles. The van der Waals surface area contributed by atoms with Gasteiger partial charge in [-0.25, -0.2) is 9.50 Å². The summed E-state index contributed by atoms with van der Waals surface area (Å²) in [5, 5.41) is 10.5. The van der Waals surface area contributed by atoms with Crippen molar-refractivity contribution in [3.8, 4) is 0 Å². The molecule has 23 heavy (non-hydrogen) atoms. The molecule has 0 bridgehead atoms. The zero-order valence-corrected chi connectivity index (χ0v) is 13.1. The third-order valence-electron chi connectivity index (χ3n) is 2.91. The molecule has 0 radical (unpaired) electrons. The summed E-state index contributed by atoms with van der Waals surface area (Å²) in [5.74, 6) is -1.07. The van der Waals surface area contributed by atoms with Crippen molar-refractivity contribution in [3.63, 3.8) is 0 Å². The molecule has 7 nitrogen and oxygen atoms in total. The smallest absolute Gasteiger partial charge is 0.416 e. The fourth-order valence-electron chi connectivity index (χ4n) is 1.92. The Morgan fingerprint density at radius 2 is 1.96 bits per heavy atom. The molecule has 0 aliphatic carbocycles. The molecule has 0 aliphatic rings. The van der Waals surface area contributed by atoms with E-state index in [1.165, 1.54) is 0 Å². The van der Waals surface area contributed by atoms with Crippen LogP contribution < -0.4 is 0 Å². The van der Waals surface area contributed by atoms with E-state index in [-0.39, 0.29) is 5.89 Å². The lowest BCUT2D eigenvalue weighted by molar-refractivity contribution is -0.157. The summed E-state index contributed by atoms with van der Waals surface area (Å²) in [6.45, 7) is 5.34. The molecule has 0 saturated heterocycles. The topological polar surface area (TPSA) is 82.0 Å². The second-order valence-electron chi connectivity index (χ2n) is 4.85. The maximum absolute atomic E-state index is 12.5. The fraction of sp³-hybridized carbons (Fsp3) is 0.417. The standard InChI is InChI=1S/C12H11F3N6OS/c1-5-4-6(2)21-10(16-5)17-11(20-21)23-7(3)8-18-19-9(22-8)12(13,14)15/h4,7H,1-3H3/t7-/m0/s1. The molecule has 3 rings (SSSR count). The summed E-state index contributed by atoms with van der Waals surface area (Å²) in [6.07, 6.45) is -4.66. The molecule has 0 saturated carbocycles. The van der Waals surface area contributed by atoms with Gasteiger partial charge in [-0.2, -0.15) is 18.2 Å². The van der Waals surface area contributed by atoms with Gasteiger partial charge in [-0.3, -0.25) is 0 Å². The van der Waals surface area contributed by atoms with E-state index in [0.717, 1.165) is 23.1 Å². The number of hydrogen-bond acceptors (Lipinski definition) is 7. The number of alkyl halides is 3. The predicted molar refractivity (Wildman–Crippen MR) is 73.8 cm³/mol. The molecule has 0 aromatic carbocycles. The second-order valence-corrected chi connectivity index (χ2v) is 6.16. The van der Waals surface area contributed by atoms with Crippen molar-refractivity contribution >= 4 is 17.5 Å². The maximum Gasteiger partial charge on any atom is 0.470 e. The lowest BCUT2D eigenvalue weighted by Crippen LogP contribution is -2.04. The third kappa shape index (κ3) is 3.14. The van der Waals surface area contributed by atoms with Crippen LogP contribution in [-0.4, -0.2) is 29.8 Å². The van der Waals surface area contributed by atoms with E-state index in [1.54, 1.807) is 11.4 Å². The normalized spacial score (nSPS) is 13.7. The quantitative estimate of drug-likeness (QED) is 0.676. The zero-order valence-electron chi connectivity index (χ0n) is 12.3. The average Bonchev–Trinajstić information content (AvgIpc) is 3.04. The maximum atomic E-state index is 12.5. The van der Waals surface area contributed by atoms with Crippen LogP contribution in [0.5, 0.6) is 0 Å². The highest BCUT2D eigenvalue weighted by molar-refractivity contribution is 7.99. The van der Waals surface area contributed by atoms with Crippen LogP contribution in [0.4, 0.5) is 13.2 Å². The third-order valence-corrected chi connectivity index (χ3v) is 3.85. The molecule has 1 atom stereocenters. The molecule has 122 valence electrons. The molecular formula is C12H11F3N6OS. The highest BCUT2D eigenvalue weighted by Gasteiger charge is 2.38. The predicted octanol–water partition coefficient (Wildman–Crippen LogP) is 3.00. The summed E-state index contributed by atoms with van der Waals surface area (Å²) in [4.78, 5) is 8.50. The van der Waals surface area contributed by atoms with Crippen LogP contribution in [0.1, 0.15) is 35.3 Å². The number of aromatic nitrogens is 6. The molecule has 11 heteroatoms. The number of hydrogen-bond donors (Lipinski definition) is 0. The van der Waals surface area contributed by atoms with Crippen LogP contribution in [0.2, 0.25) is 0 Å². The molecule has 0 unspecified atom stereocenters. The summed E-state index contributed by atoms with van der Waals surface area (Å²) < 4.78 is 43.6. The molecular weight excluding hydrogens is 333 g/mol. The first-order chi connectivity index (χ1) is 10.7. The van der Waals surface area contributed by atoms with Gasteiger partial charge in [-0.05, 0) is 26.8 Å². The van der Waals surface area contributed by atoms with Gasteiger partial charge in [0.2, 0.25) is 11.0 Å². The Balaban J connectivity index is 1.84. The Bertz CT molecular complexity index is 858. The Hall–Kier alpha value is -2.17. The van der Waals surface area contributed by atoms with Gasteiger partial charge in [0.05, 0.1) is 5.25 Å². The number of thioether (sulfide) groups is 1. The minimum absolute atomic E-state index is 0.137. The van der Waals surface area contributed by atoms with Crippen LogP contribution in [-0.2, 0) is 6.18 Å². The highest BCUT2D eigenvalue weighted by Crippen LogP contribution is 2.35. The first kappa shape index (κ1) is 15.7. The van der Waals surface area contributed by atoms with Gasteiger partial charge in [-0.1, -0.05) is 11.8 Å². The summed E-state index contributed by atoms with van der Waals surface area (Å²) >= 11 is 1.11. The Morgan fingerprint density at radius 3 is 2.61 bits per heavy atom. The van der Waals surface area contributed by atoms with Crippen LogP contribution in [0.25, 0.3) is 5.78 Å². The van der Waals surface area contributed by atoms with Crippen molar-refractivity contribution in [2.24, 2.45) is 0 Å². The van der Waals surface area contributed by atoms with Gasteiger partial charge in [0.15, 0.2) is 0 Å². The molecule has 0 fully saturated rings. The van der Waals surface area contributed by atoms with E-state index in [1.807, 2.05) is 19.9 Å². The Morgan fingerprint density at radius 1 is 1.22 bits per heavy atom. The van der Waals surface area contributed by atoms with Gasteiger partial charge in [-0.15, -0.1) is 15.3 Å². The van der Waals surface area contributed by atoms with Gasteiger partial charge in [0.1, 0.15) is 0 Å². The monoisotopic (exact) mass is 344 g/mol. The SMILES string of the molecule is Cc1cc(C)n2nc(S[C@@H](C)c3nnc(C(F)(F)F)o3)nc2n1. The van der Waals surface area contributed by atoms with Crippen molar-refractivity contribution < 1.29 is 17.6 Å². The van der Waals surface area contributed by atoms with Crippen molar-refractivity contribution in [3.05, 3.63) is 29.2 Å². The fourth-order valence-corrected chi connectivity index (χ4v) is 2.70. The average molecular weight is 344 g/mol. The number of fused-ring (bicyclic) bond motifs is 1. The van der Waals surface area contributed by atoms with Crippen molar-refractivity contribution in [1.29, 1.82) is 0 Å². The van der Waals surface area contributed by atoms with E-state index in [9.17, 15) is 13.2 Å². The van der Waals surface area contributed by atoms with Crippen molar-refractivity contribution in [2.45, 2.75) is 37.4 Å². The van der Waals surface area contributed by atoms with E-state index >= 15 is 0 Å². The minimum Gasteiger partial charge on any atom is -0.416 e. The molecule has 3 aromatic rings. The number of halogens is 3. The van der Waals surface area contributed by atoms with E-state index < -0.39 is 17.3 Å². The van der Waals surface area contributed by atoms with Crippen LogP contribution >= 0.6 is 11.8 Å². The lowest BCUT2D eigenvalue weighted by Gasteiger charge is -2.02. The van der Waals surface area contributed by atoms with Crippen LogP contribution in [0, 0.1) is 13.8 Å². The lowest BCUT2D eigenvalue weighted by atomic mass is 10.4. The van der Waals surface area contributed by atoms with Crippen LogP contribution in [0.3, 0.4) is 0 Å². The van der Waals surface area contributed by atoms with Gasteiger partial charge in [0, 0.05) is 11.4 Å². The molecule has 0 amide bonds. The zero-order chi connectivity index (χ0) is 16.8. The number of rotatable bonds is 3. The molecule has 3 aromatic heterocycles. The van der Waals surface area contributed by atoms with Gasteiger partial charge in [0.25, 0.3) is 5.78 Å².